The predicted octanol–water partition coefficient (Wildman–Crippen LogP) is 6.79. The number of Topliss-reactive ketones (excluding diaryl/α,β-unsaturated/α-hetero) is 1. The molecule has 3 rings (SSSR count). The van der Waals surface area contributed by atoms with Gasteiger partial charge in [0.05, 0.1) is 5.56 Å². The fourth-order valence-electron chi connectivity index (χ4n) is 2.77. The molecule has 36 heavy (non-hydrogen) atoms. The van der Waals surface area contributed by atoms with Gasteiger partial charge in [0.1, 0.15) is 12.0 Å². The lowest BCUT2D eigenvalue weighted by Gasteiger charge is -2.04. The minimum atomic E-state index is -0.206. The molecular weight excluding hydrogens is 480 g/mol. The standard InChI is InChI=1S/C14H17NO2.C10H12O.C4H7NO2.ClH/c1-9(2)12-5-7-13(8-6-12)14-15(16)10(3)11(4)17-14;1-8(2)10-5-3-9(7-11)4-6-10;1-3(5-7)4(2)6;/h5-9H,1-4H3;3-8H,1-2H3;7H,1-2H3;1H/b;;5-3+;. The molecule has 0 fully saturated rings. The Bertz CT molecular complexity index is 1130. The molecule has 8 heteroatoms. The number of nitrogens with zero attached hydrogens (tertiary/aromatic N) is 2. The molecule has 7 nitrogen and oxygen atoms in total. The lowest BCUT2D eigenvalue weighted by Crippen LogP contribution is -2.29. The van der Waals surface area contributed by atoms with E-state index in [1.165, 1.54) is 25.0 Å². The van der Waals surface area contributed by atoms with E-state index in [9.17, 15) is 14.8 Å². The Labute approximate surface area is 219 Å². The van der Waals surface area contributed by atoms with Crippen molar-refractivity contribution < 1.29 is 23.9 Å². The van der Waals surface area contributed by atoms with Crippen LogP contribution in [-0.4, -0.2) is 23.0 Å². The van der Waals surface area contributed by atoms with Crippen molar-refractivity contribution in [2.75, 3.05) is 0 Å². The first-order chi connectivity index (χ1) is 16.4. The molecule has 0 saturated carbocycles. The molecule has 0 atom stereocenters. The van der Waals surface area contributed by atoms with Crippen LogP contribution in [0.25, 0.3) is 11.5 Å². The number of carbonyl (C=O) groups is 2. The summed E-state index contributed by atoms with van der Waals surface area (Å²) in [5.74, 6) is 1.86. The van der Waals surface area contributed by atoms with Crippen LogP contribution in [0.4, 0.5) is 0 Å². The van der Waals surface area contributed by atoms with Crippen molar-refractivity contribution in [3.05, 3.63) is 81.9 Å². The number of ketones is 1. The Morgan fingerprint density at radius 1 is 0.944 bits per heavy atom. The monoisotopic (exact) mass is 516 g/mol. The number of carbonyl (C=O) groups excluding carboxylic acids is 2. The molecule has 0 amide bonds. The number of oxazole rings is 1. The Morgan fingerprint density at radius 3 is 1.67 bits per heavy atom. The second kappa shape index (κ2) is 15.5. The fourth-order valence-corrected chi connectivity index (χ4v) is 2.77. The van der Waals surface area contributed by atoms with Crippen LogP contribution in [0.1, 0.15) is 86.3 Å². The van der Waals surface area contributed by atoms with Gasteiger partial charge in [-0.05, 0) is 42.0 Å². The second-order valence-electron chi connectivity index (χ2n) is 8.80. The summed E-state index contributed by atoms with van der Waals surface area (Å²) >= 11 is 0. The number of aldehydes is 1. The average molecular weight is 517 g/mol. The third-order valence-corrected chi connectivity index (χ3v) is 5.47. The Morgan fingerprint density at radius 2 is 1.39 bits per heavy atom. The molecule has 0 unspecified atom stereocenters. The summed E-state index contributed by atoms with van der Waals surface area (Å²) in [4.78, 5) is 20.4. The van der Waals surface area contributed by atoms with Crippen molar-refractivity contribution in [2.24, 2.45) is 5.16 Å². The number of hydrogen-bond acceptors (Lipinski definition) is 6. The lowest BCUT2D eigenvalue weighted by atomic mass is 10.0. The molecule has 3 aromatic rings. The van der Waals surface area contributed by atoms with Gasteiger partial charge >= 0.3 is 5.89 Å². The maximum atomic E-state index is 11.8. The quantitative estimate of drug-likeness (QED) is 0.100. The van der Waals surface area contributed by atoms with Gasteiger partial charge in [0.25, 0.3) is 0 Å². The summed E-state index contributed by atoms with van der Waals surface area (Å²) in [5.41, 5.74) is 4.85. The first-order valence-corrected chi connectivity index (χ1v) is 11.5. The van der Waals surface area contributed by atoms with E-state index in [-0.39, 0.29) is 23.9 Å². The average Bonchev–Trinajstić information content (AvgIpc) is 3.11. The third kappa shape index (κ3) is 9.66. The number of benzene rings is 2. The lowest BCUT2D eigenvalue weighted by molar-refractivity contribution is -0.602. The Balaban J connectivity index is 0.000000558. The molecule has 0 aliphatic rings. The molecule has 0 radical (unpaired) electrons. The largest absolute Gasteiger partial charge is 0.616 e. The SMILES string of the molecule is CC(=O)/C(C)=N/O.CC(C)c1ccc(C=O)cc1.Cc1oc(-c2ccc(C(C)C)cc2)[n+]([O-])c1C.Cl. The Hall–Kier alpha value is -3.45. The van der Waals surface area contributed by atoms with Crippen LogP contribution >= 0.6 is 12.4 Å². The van der Waals surface area contributed by atoms with E-state index in [0.29, 0.717) is 29.2 Å². The van der Waals surface area contributed by atoms with Gasteiger partial charge in [0.2, 0.25) is 5.69 Å². The normalized spacial score (nSPS) is 10.6. The molecule has 0 saturated heterocycles. The zero-order valence-electron chi connectivity index (χ0n) is 22.2. The molecule has 0 bridgehead atoms. The van der Waals surface area contributed by atoms with Crippen molar-refractivity contribution in [1.29, 1.82) is 0 Å². The maximum Gasteiger partial charge on any atom is 0.392 e. The zero-order valence-corrected chi connectivity index (χ0v) is 23.1. The molecule has 1 heterocycles. The summed E-state index contributed by atoms with van der Waals surface area (Å²) in [6.45, 7) is 14.9. The van der Waals surface area contributed by atoms with Crippen LogP contribution in [0.5, 0.6) is 0 Å². The highest BCUT2D eigenvalue weighted by Crippen LogP contribution is 2.22. The van der Waals surface area contributed by atoms with Crippen molar-refractivity contribution in [3.8, 4) is 11.5 Å². The van der Waals surface area contributed by atoms with Crippen molar-refractivity contribution in [1.82, 2.24) is 0 Å². The van der Waals surface area contributed by atoms with Gasteiger partial charge < -0.3 is 14.8 Å². The van der Waals surface area contributed by atoms with Crippen LogP contribution in [0.15, 0.2) is 58.1 Å². The van der Waals surface area contributed by atoms with Gasteiger partial charge in [-0.3, -0.25) is 9.59 Å². The third-order valence-electron chi connectivity index (χ3n) is 5.47. The van der Waals surface area contributed by atoms with Gasteiger partial charge in [-0.15, -0.1) is 17.1 Å². The van der Waals surface area contributed by atoms with Crippen LogP contribution in [0.2, 0.25) is 0 Å². The van der Waals surface area contributed by atoms with Gasteiger partial charge in [0, 0.05) is 26.3 Å². The number of aromatic nitrogens is 1. The maximum absolute atomic E-state index is 11.8. The minimum Gasteiger partial charge on any atom is -0.616 e. The highest BCUT2D eigenvalue weighted by atomic mass is 35.5. The predicted molar refractivity (Wildman–Crippen MR) is 145 cm³/mol. The first-order valence-electron chi connectivity index (χ1n) is 11.5. The second-order valence-corrected chi connectivity index (χ2v) is 8.80. The molecule has 196 valence electrons. The van der Waals surface area contributed by atoms with Crippen LogP contribution in [0, 0.1) is 19.1 Å². The molecule has 0 spiro atoms. The van der Waals surface area contributed by atoms with E-state index < -0.39 is 0 Å². The summed E-state index contributed by atoms with van der Waals surface area (Å²) in [7, 11) is 0. The van der Waals surface area contributed by atoms with Gasteiger partial charge in [0.15, 0.2) is 11.5 Å². The Kier molecular flexibility index (Phi) is 14.0. The smallest absolute Gasteiger partial charge is 0.392 e. The van der Waals surface area contributed by atoms with E-state index in [2.05, 4.69) is 32.9 Å². The van der Waals surface area contributed by atoms with Crippen LogP contribution in [0.3, 0.4) is 0 Å². The van der Waals surface area contributed by atoms with Crippen LogP contribution < -0.4 is 4.73 Å². The zero-order chi connectivity index (χ0) is 26.7. The van der Waals surface area contributed by atoms with E-state index >= 15 is 0 Å². The summed E-state index contributed by atoms with van der Waals surface area (Å²) in [6, 6.07) is 15.6. The summed E-state index contributed by atoms with van der Waals surface area (Å²) in [5, 5.41) is 22.4. The number of halogens is 1. The fraction of sp³-hybridized carbons (Fsp3) is 0.357. The molecule has 0 aliphatic heterocycles. The summed E-state index contributed by atoms with van der Waals surface area (Å²) in [6.07, 6.45) is 0.865. The minimum absolute atomic E-state index is 0. The highest BCUT2D eigenvalue weighted by molar-refractivity contribution is 6.37. The number of rotatable bonds is 5. The van der Waals surface area contributed by atoms with Crippen molar-refractivity contribution >= 4 is 30.2 Å². The van der Waals surface area contributed by atoms with Gasteiger partial charge in [-0.25, -0.2) is 0 Å². The van der Waals surface area contributed by atoms with Gasteiger partial charge in [-0.2, -0.15) is 0 Å². The van der Waals surface area contributed by atoms with Gasteiger partial charge in [-0.1, -0.05) is 69.2 Å². The number of oxime groups is 1. The van der Waals surface area contributed by atoms with E-state index in [1.807, 2.05) is 48.5 Å². The van der Waals surface area contributed by atoms with Crippen molar-refractivity contribution in [2.45, 2.75) is 67.2 Å². The van der Waals surface area contributed by atoms with Crippen LogP contribution in [-0.2, 0) is 4.79 Å². The number of aryl methyl sites for hydroxylation is 1. The molecular formula is C28H37ClN2O5. The molecule has 2 aromatic carbocycles. The van der Waals surface area contributed by atoms with E-state index in [1.54, 1.807) is 13.8 Å². The number of hydrogen-bond donors (Lipinski definition) is 1. The first kappa shape index (κ1) is 32.5. The molecule has 0 aliphatic carbocycles. The topological polar surface area (TPSA) is 107 Å². The highest BCUT2D eigenvalue weighted by Gasteiger charge is 2.20. The van der Waals surface area contributed by atoms with E-state index in [0.717, 1.165) is 22.1 Å². The molecule has 1 aromatic heterocycles. The molecule has 1 N–H and O–H groups in total. The van der Waals surface area contributed by atoms with Crippen molar-refractivity contribution in [3.63, 3.8) is 0 Å². The van der Waals surface area contributed by atoms with E-state index in [4.69, 9.17) is 9.62 Å². The summed E-state index contributed by atoms with van der Waals surface area (Å²) < 4.78 is 6.33.